The second kappa shape index (κ2) is 10.2. The molecule has 178 valence electrons. The number of piperidine rings is 1. The zero-order chi connectivity index (χ0) is 24.1. The minimum atomic E-state index is -3.92. The van der Waals surface area contributed by atoms with Crippen molar-refractivity contribution in [1.82, 2.24) is 9.46 Å². The third-order valence-corrected chi connectivity index (χ3v) is 7.80. The number of aryl methyl sites for hydroxylation is 1. The highest BCUT2D eigenvalue weighted by Gasteiger charge is 2.37. The van der Waals surface area contributed by atoms with Gasteiger partial charge in [0.25, 0.3) is 0 Å². The second-order valence-electron chi connectivity index (χ2n) is 8.10. The molecule has 1 aliphatic rings. The van der Waals surface area contributed by atoms with Gasteiger partial charge in [0.05, 0.1) is 18.7 Å². The Hall–Kier alpha value is -3.43. The Morgan fingerprint density at radius 3 is 2.65 bits per heavy atom. The molecule has 0 bridgehead atoms. The Balaban J connectivity index is 1.53. The maximum Gasteiger partial charge on any atom is 0.248 e. The molecular formula is C25H27N3O5S. The van der Waals surface area contributed by atoms with Gasteiger partial charge in [-0.3, -0.25) is 4.79 Å². The van der Waals surface area contributed by atoms with Crippen LogP contribution in [0.4, 0.5) is 5.69 Å². The van der Waals surface area contributed by atoms with Crippen molar-refractivity contribution in [2.45, 2.75) is 24.7 Å². The number of aromatic nitrogens is 1. The first-order chi connectivity index (χ1) is 16.4. The van der Waals surface area contributed by atoms with E-state index in [0.29, 0.717) is 30.8 Å². The Morgan fingerprint density at radius 1 is 1.15 bits per heavy atom. The van der Waals surface area contributed by atoms with Crippen LogP contribution in [0.3, 0.4) is 0 Å². The molecule has 3 aromatic rings. The lowest BCUT2D eigenvalue weighted by atomic mass is 9.98. The maximum absolute atomic E-state index is 13.6. The number of anilines is 1. The largest absolute Gasteiger partial charge is 0.495 e. The van der Waals surface area contributed by atoms with Crippen molar-refractivity contribution in [2.24, 2.45) is 5.92 Å². The third kappa shape index (κ3) is 5.05. The van der Waals surface area contributed by atoms with Gasteiger partial charge < -0.3 is 14.6 Å². The molecule has 1 fully saturated rings. The number of rotatable bonds is 7. The molecule has 34 heavy (non-hydrogen) atoms. The van der Waals surface area contributed by atoms with Gasteiger partial charge in [-0.2, -0.15) is 4.31 Å². The minimum absolute atomic E-state index is 0.0328. The number of ether oxygens (including phenoxy) is 1. The van der Waals surface area contributed by atoms with Crippen molar-refractivity contribution in [3.63, 3.8) is 0 Å². The highest BCUT2D eigenvalue weighted by Crippen LogP contribution is 2.30. The van der Waals surface area contributed by atoms with Gasteiger partial charge in [-0.25, -0.2) is 8.42 Å². The van der Waals surface area contributed by atoms with E-state index in [1.54, 1.807) is 37.3 Å². The molecule has 0 saturated carbocycles. The van der Waals surface area contributed by atoms with Crippen LogP contribution in [0, 0.1) is 12.8 Å². The van der Waals surface area contributed by atoms with Gasteiger partial charge in [0.1, 0.15) is 11.4 Å². The summed E-state index contributed by atoms with van der Waals surface area (Å²) in [6.07, 6.45) is 4.55. The molecule has 0 radical (unpaired) electrons. The number of benzene rings is 2. The fraction of sp³-hybridized carbons (Fsp3) is 0.280. The number of methoxy groups -OCH3 is 1. The lowest BCUT2D eigenvalue weighted by Gasteiger charge is -2.31. The first-order valence-corrected chi connectivity index (χ1v) is 12.5. The number of nitrogens with zero attached hydrogens (tertiary/aromatic N) is 2. The summed E-state index contributed by atoms with van der Waals surface area (Å²) in [5.41, 5.74) is 1.75. The fourth-order valence-corrected chi connectivity index (χ4v) is 5.80. The first-order valence-electron chi connectivity index (χ1n) is 11.0. The van der Waals surface area contributed by atoms with Gasteiger partial charge in [-0.1, -0.05) is 53.7 Å². The number of para-hydroxylation sites is 2. The predicted molar refractivity (Wildman–Crippen MR) is 130 cm³/mol. The normalized spacial score (nSPS) is 17.1. The standard InChI is InChI=1S/C25H27N3O5S/c1-18-24(23(33-27-18)15-14-19-9-4-3-5-10-19)34(30,31)28-16-8-11-20(17-28)25(29)26-21-12-6-7-13-22(21)32-2/h3-7,9-10,12-15,20H,8,11,16-17H2,1-2H3,(H,26,29)/b15-14+. The number of amides is 1. The van der Waals surface area contributed by atoms with Crippen molar-refractivity contribution in [3.8, 4) is 5.75 Å². The van der Waals surface area contributed by atoms with Crippen LogP contribution in [0.15, 0.2) is 64.0 Å². The Morgan fingerprint density at radius 2 is 1.88 bits per heavy atom. The summed E-state index contributed by atoms with van der Waals surface area (Å²) in [6, 6.07) is 16.6. The summed E-state index contributed by atoms with van der Waals surface area (Å²) in [6.45, 7) is 2.01. The molecular weight excluding hydrogens is 454 g/mol. The number of sulfonamides is 1. The van der Waals surface area contributed by atoms with Gasteiger partial charge in [0.2, 0.25) is 15.9 Å². The van der Waals surface area contributed by atoms with E-state index in [1.807, 2.05) is 36.4 Å². The van der Waals surface area contributed by atoms with E-state index in [1.165, 1.54) is 11.4 Å². The number of nitrogens with one attached hydrogen (secondary N) is 1. The summed E-state index contributed by atoms with van der Waals surface area (Å²) in [5, 5.41) is 6.77. The van der Waals surface area contributed by atoms with Crippen LogP contribution in [0.1, 0.15) is 29.9 Å². The molecule has 2 heterocycles. The van der Waals surface area contributed by atoms with E-state index in [9.17, 15) is 13.2 Å². The fourth-order valence-electron chi connectivity index (χ4n) is 4.02. The molecule has 1 atom stereocenters. The molecule has 4 rings (SSSR count). The van der Waals surface area contributed by atoms with Crippen LogP contribution in [-0.4, -0.2) is 44.0 Å². The topological polar surface area (TPSA) is 102 Å². The molecule has 0 aliphatic carbocycles. The van der Waals surface area contributed by atoms with Gasteiger partial charge in [0.15, 0.2) is 10.7 Å². The monoisotopic (exact) mass is 481 g/mol. The Kier molecular flexibility index (Phi) is 7.14. The van der Waals surface area contributed by atoms with Crippen LogP contribution in [-0.2, 0) is 14.8 Å². The average molecular weight is 482 g/mol. The molecule has 1 saturated heterocycles. The third-order valence-electron chi connectivity index (χ3n) is 5.78. The number of carbonyl (C=O) groups excluding carboxylic acids is 1. The zero-order valence-electron chi connectivity index (χ0n) is 19.1. The molecule has 1 unspecified atom stereocenters. The van der Waals surface area contributed by atoms with Crippen molar-refractivity contribution in [3.05, 3.63) is 71.6 Å². The van der Waals surface area contributed by atoms with Crippen molar-refractivity contribution in [2.75, 3.05) is 25.5 Å². The van der Waals surface area contributed by atoms with Crippen LogP contribution >= 0.6 is 0 Å². The summed E-state index contributed by atoms with van der Waals surface area (Å²) >= 11 is 0. The van der Waals surface area contributed by atoms with Crippen molar-refractivity contribution >= 4 is 33.8 Å². The minimum Gasteiger partial charge on any atom is -0.495 e. The lowest BCUT2D eigenvalue weighted by molar-refractivity contribution is -0.120. The Labute approximate surface area is 199 Å². The molecule has 1 aliphatic heterocycles. The van der Waals surface area contributed by atoms with Crippen molar-refractivity contribution in [1.29, 1.82) is 0 Å². The van der Waals surface area contributed by atoms with Crippen molar-refractivity contribution < 1.29 is 22.5 Å². The molecule has 9 heteroatoms. The SMILES string of the molecule is COc1ccccc1NC(=O)C1CCCN(S(=O)(=O)c2c(C)noc2/C=C/c2ccccc2)C1. The molecule has 8 nitrogen and oxygen atoms in total. The number of hydrogen-bond donors (Lipinski definition) is 1. The van der Waals surface area contributed by atoms with E-state index in [4.69, 9.17) is 9.26 Å². The second-order valence-corrected chi connectivity index (χ2v) is 9.97. The average Bonchev–Trinajstić information content (AvgIpc) is 3.24. The van der Waals surface area contributed by atoms with Gasteiger partial charge >= 0.3 is 0 Å². The quantitative estimate of drug-likeness (QED) is 0.543. The summed E-state index contributed by atoms with van der Waals surface area (Å²) in [5.74, 6) is -0.0134. The van der Waals surface area contributed by atoms with Crippen LogP contribution < -0.4 is 10.1 Å². The molecule has 1 N–H and O–H groups in total. The molecule has 0 spiro atoms. The summed E-state index contributed by atoms with van der Waals surface area (Å²) in [4.78, 5) is 13.0. The maximum atomic E-state index is 13.6. The zero-order valence-corrected chi connectivity index (χ0v) is 19.9. The highest BCUT2D eigenvalue weighted by atomic mass is 32.2. The van der Waals surface area contributed by atoms with E-state index in [2.05, 4.69) is 10.5 Å². The van der Waals surface area contributed by atoms with Crippen LogP contribution in [0.5, 0.6) is 5.75 Å². The first kappa shape index (κ1) is 23.7. The smallest absolute Gasteiger partial charge is 0.248 e. The van der Waals surface area contributed by atoms with Crippen LogP contribution in [0.25, 0.3) is 12.2 Å². The van der Waals surface area contributed by atoms with Crippen LogP contribution in [0.2, 0.25) is 0 Å². The van der Waals surface area contributed by atoms with E-state index in [0.717, 1.165) is 5.56 Å². The molecule has 1 amide bonds. The van der Waals surface area contributed by atoms with Gasteiger partial charge in [0, 0.05) is 13.1 Å². The van der Waals surface area contributed by atoms with E-state index < -0.39 is 15.9 Å². The lowest BCUT2D eigenvalue weighted by Crippen LogP contribution is -2.43. The van der Waals surface area contributed by atoms with E-state index >= 15 is 0 Å². The predicted octanol–water partition coefficient (Wildman–Crippen LogP) is 4.20. The molecule has 2 aromatic carbocycles. The highest BCUT2D eigenvalue weighted by molar-refractivity contribution is 7.89. The number of hydrogen-bond acceptors (Lipinski definition) is 6. The summed E-state index contributed by atoms with van der Waals surface area (Å²) < 4.78 is 39.1. The number of carbonyl (C=O) groups is 1. The summed E-state index contributed by atoms with van der Waals surface area (Å²) in [7, 11) is -2.38. The van der Waals surface area contributed by atoms with Gasteiger partial charge in [-0.15, -0.1) is 0 Å². The van der Waals surface area contributed by atoms with E-state index in [-0.39, 0.29) is 28.8 Å². The molecule has 1 aromatic heterocycles. The Bertz CT molecular complexity index is 1280. The van der Waals surface area contributed by atoms with Gasteiger partial charge in [-0.05, 0) is 43.5 Å².